The topological polar surface area (TPSA) is 82.2 Å². The Morgan fingerprint density at radius 2 is 2.16 bits per heavy atom. The number of nitro benzene ring substituents is 1. The van der Waals surface area contributed by atoms with Crippen molar-refractivity contribution in [1.29, 1.82) is 0 Å². The number of benzene rings is 1. The number of methoxy groups -OCH3 is 1. The summed E-state index contributed by atoms with van der Waals surface area (Å²) < 4.78 is 6.72. The minimum atomic E-state index is -0.437. The Kier molecular flexibility index (Phi) is 3.37. The molecule has 19 heavy (non-hydrogen) atoms. The molecule has 1 heterocycles. The Morgan fingerprint density at radius 1 is 1.42 bits per heavy atom. The standard InChI is InChI=1S/C12H14N4O3/c1-8-11(7-15(2)14-8)13-10-6-9(19-3)4-5-12(10)16(17)18/h4-7,13H,1-3H3. The van der Waals surface area contributed by atoms with Crippen molar-refractivity contribution in [3.63, 3.8) is 0 Å². The fourth-order valence-electron chi connectivity index (χ4n) is 1.77. The van der Waals surface area contributed by atoms with Crippen LogP contribution in [0, 0.1) is 17.0 Å². The number of nitro groups is 1. The number of aromatic nitrogens is 2. The maximum absolute atomic E-state index is 11.0. The van der Waals surface area contributed by atoms with Crippen LogP contribution in [0.15, 0.2) is 24.4 Å². The fraction of sp³-hybridized carbons (Fsp3) is 0.250. The first-order valence-corrected chi connectivity index (χ1v) is 5.61. The number of nitrogens with one attached hydrogen (secondary N) is 1. The molecule has 0 aliphatic carbocycles. The van der Waals surface area contributed by atoms with Gasteiger partial charge in [0.2, 0.25) is 0 Å². The molecule has 0 bridgehead atoms. The highest BCUT2D eigenvalue weighted by Crippen LogP contribution is 2.31. The largest absolute Gasteiger partial charge is 0.497 e. The van der Waals surface area contributed by atoms with E-state index in [-0.39, 0.29) is 5.69 Å². The second kappa shape index (κ2) is 4.97. The molecule has 1 aromatic heterocycles. The van der Waals surface area contributed by atoms with Gasteiger partial charge in [-0.05, 0) is 13.0 Å². The van der Waals surface area contributed by atoms with Crippen molar-refractivity contribution in [2.45, 2.75) is 6.92 Å². The number of nitrogens with zero attached hydrogens (tertiary/aromatic N) is 3. The molecule has 0 aliphatic heterocycles. The Morgan fingerprint density at radius 3 is 2.68 bits per heavy atom. The van der Waals surface area contributed by atoms with Crippen LogP contribution in [0.5, 0.6) is 5.75 Å². The van der Waals surface area contributed by atoms with E-state index in [0.29, 0.717) is 11.4 Å². The van der Waals surface area contributed by atoms with Crippen LogP contribution in [-0.2, 0) is 7.05 Å². The maximum atomic E-state index is 11.0. The van der Waals surface area contributed by atoms with Gasteiger partial charge in [0, 0.05) is 25.4 Å². The molecule has 0 aliphatic rings. The minimum Gasteiger partial charge on any atom is -0.497 e. The summed E-state index contributed by atoms with van der Waals surface area (Å²) in [6.07, 6.45) is 1.76. The van der Waals surface area contributed by atoms with E-state index in [1.165, 1.54) is 13.2 Å². The van der Waals surface area contributed by atoms with Gasteiger partial charge in [-0.3, -0.25) is 14.8 Å². The SMILES string of the molecule is COc1ccc([N+](=O)[O-])c(Nc2cn(C)nc2C)c1. The molecule has 0 spiro atoms. The molecule has 0 saturated carbocycles. The quantitative estimate of drug-likeness (QED) is 0.675. The summed E-state index contributed by atoms with van der Waals surface area (Å²) >= 11 is 0. The lowest BCUT2D eigenvalue weighted by molar-refractivity contribution is -0.383. The van der Waals surface area contributed by atoms with E-state index in [9.17, 15) is 10.1 Å². The molecule has 0 fully saturated rings. The first-order chi connectivity index (χ1) is 9.01. The van der Waals surface area contributed by atoms with Gasteiger partial charge in [0.15, 0.2) is 0 Å². The normalized spacial score (nSPS) is 10.3. The van der Waals surface area contributed by atoms with Gasteiger partial charge in [-0.1, -0.05) is 0 Å². The number of rotatable bonds is 4. The van der Waals surface area contributed by atoms with Gasteiger partial charge in [-0.15, -0.1) is 0 Å². The number of ether oxygens (including phenoxy) is 1. The molecule has 0 saturated heterocycles. The highest BCUT2D eigenvalue weighted by molar-refractivity contribution is 5.71. The summed E-state index contributed by atoms with van der Waals surface area (Å²) in [5.74, 6) is 0.551. The van der Waals surface area contributed by atoms with Crippen molar-refractivity contribution in [2.75, 3.05) is 12.4 Å². The zero-order chi connectivity index (χ0) is 14.0. The van der Waals surface area contributed by atoms with Crippen LogP contribution in [0.25, 0.3) is 0 Å². The van der Waals surface area contributed by atoms with Gasteiger partial charge in [-0.2, -0.15) is 5.10 Å². The maximum Gasteiger partial charge on any atom is 0.292 e. The van der Waals surface area contributed by atoms with Crippen LogP contribution in [0.4, 0.5) is 17.1 Å². The Balaban J connectivity index is 2.42. The molecular weight excluding hydrogens is 248 g/mol. The molecule has 0 radical (unpaired) electrons. The summed E-state index contributed by atoms with van der Waals surface area (Å²) in [5, 5.41) is 18.2. The molecule has 2 aromatic rings. The van der Waals surface area contributed by atoms with Crippen LogP contribution in [-0.4, -0.2) is 21.8 Å². The molecule has 7 heteroatoms. The minimum absolute atomic E-state index is 0.0101. The van der Waals surface area contributed by atoms with Gasteiger partial charge in [-0.25, -0.2) is 0 Å². The van der Waals surface area contributed by atoms with Crippen LogP contribution in [0.2, 0.25) is 0 Å². The second-order valence-corrected chi connectivity index (χ2v) is 4.07. The van der Waals surface area contributed by atoms with Crippen LogP contribution < -0.4 is 10.1 Å². The first-order valence-electron chi connectivity index (χ1n) is 5.61. The smallest absolute Gasteiger partial charge is 0.292 e. The van der Waals surface area contributed by atoms with E-state index < -0.39 is 4.92 Å². The third kappa shape index (κ3) is 2.65. The van der Waals surface area contributed by atoms with Gasteiger partial charge in [0.1, 0.15) is 11.4 Å². The van der Waals surface area contributed by atoms with E-state index in [2.05, 4.69) is 10.4 Å². The lowest BCUT2D eigenvalue weighted by Gasteiger charge is -2.07. The molecule has 1 N–H and O–H groups in total. The van der Waals surface area contributed by atoms with Crippen LogP contribution >= 0.6 is 0 Å². The number of hydrogen-bond donors (Lipinski definition) is 1. The van der Waals surface area contributed by atoms with Gasteiger partial charge in [0.05, 0.1) is 23.4 Å². The molecule has 100 valence electrons. The van der Waals surface area contributed by atoms with Gasteiger partial charge >= 0.3 is 0 Å². The van der Waals surface area contributed by atoms with Crippen molar-refractivity contribution in [3.8, 4) is 5.75 Å². The average molecular weight is 262 g/mol. The van der Waals surface area contributed by atoms with Crippen molar-refractivity contribution in [3.05, 3.63) is 40.2 Å². The summed E-state index contributed by atoms with van der Waals surface area (Å²) in [7, 11) is 3.30. The Hall–Kier alpha value is -2.57. The van der Waals surface area contributed by atoms with Crippen molar-refractivity contribution < 1.29 is 9.66 Å². The lowest BCUT2D eigenvalue weighted by Crippen LogP contribution is -1.98. The molecule has 1 aromatic carbocycles. The monoisotopic (exact) mass is 262 g/mol. The Bertz CT molecular complexity index is 621. The van der Waals surface area contributed by atoms with E-state index >= 15 is 0 Å². The zero-order valence-electron chi connectivity index (χ0n) is 10.9. The van der Waals surface area contributed by atoms with E-state index in [4.69, 9.17) is 4.74 Å². The van der Waals surface area contributed by atoms with E-state index in [1.807, 2.05) is 6.92 Å². The van der Waals surface area contributed by atoms with Gasteiger partial charge in [0.25, 0.3) is 5.69 Å². The lowest BCUT2D eigenvalue weighted by atomic mass is 10.2. The van der Waals surface area contributed by atoms with Crippen molar-refractivity contribution >= 4 is 17.1 Å². The number of aryl methyl sites for hydroxylation is 2. The second-order valence-electron chi connectivity index (χ2n) is 4.07. The van der Waals surface area contributed by atoms with Crippen LogP contribution in [0.1, 0.15) is 5.69 Å². The molecule has 7 nitrogen and oxygen atoms in total. The third-order valence-corrected chi connectivity index (χ3v) is 2.68. The molecule has 2 rings (SSSR count). The zero-order valence-corrected chi connectivity index (χ0v) is 10.9. The average Bonchev–Trinajstić information content (AvgIpc) is 2.67. The number of anilines is 2. The van der Waals surface area contributed by atoms with Crippen molar-refractivity contribution in [1.82, 2.24) is 9.78 Å². The van der Waals surface area contributed by atoms with E-state index in [1.54, 1.807) is 30.1 Å². The predicted octanol–water partition coefficient (Wildman–Crippen LogP) is 2.39. The number of hydrogen-bond acceptors (Lipinski definition) is 5. The molecule has 0 amide bonds. The third-order valence-electron chi connectivity index (χ3n) is 2.68. The van der Waals surface area contributed by atoms with Crippen molar-refractivity contribution in [2.24, 2.45) is 7.05 Å². The summed E-state index contributed by atoms with van der Waals surface area (Å²) in [6, 6.07) is 4.55. The highest BCUT2D eigenvalue weighted by Gasteiger charge is 2.16. The van der Waals surface area contributed by atoms with E-state index in [0.717, 1.165) is 11.4 Å². The molecular formula is C12H14N4O3. The highest BCUT2D eigenvalue weighted by atomic mass is 16.6. The molecule has 0 atom stereocenters. The fourth-order valence-corrected chi connectivity index (χ4v) is 1.77. The van der Waals surface area contributed by atoms with Gasteiger partial charge < -0.3 is 10.1 Å². The predicted molar refractivity (Wildman–Crippen MR) is 70.9 cm³/mol. The summed E-state index contributed by atoms with van der Waals surface area (Å²) in [4.78, 5) is 10.6. The molecule has 0 unspecified atom stereocenters. The summed E-state index contributed by atoms with van der Waals surface area (Å²) in [5.41, 5.74) is 1.85. The van der Waals surface area contributed by atoms with Crippen LogP contribution in [0.3, 0.4) is 0 Å². The first kappa shape index (κ1) is 12.9. The summed E-state index contributed by atoms with van der Waals surface area (Å²) in [6.45, 7) is 1.83. The Labute approximate surface area is 110 Å².